The molecule has 0 bridgehead atoms. The highest BCUT2D eigenvalue weighted by atomic mass is 16.6. The molecule has 2 N–H and O–H groups in total. The smallest absolute Gasteiger partial charge is 0.414 e. The summed E-state index contributed by atoms with van der Waals surface area (Å²) >= 11 is 0. The molecule has 3 aromatic rings. The second-order valence-electron chi connectivity index (χ2n) is 8.10. The van der Waals surface area contributed by atoms with Gasteiger partial charge in [0.25, 0.3) is 0 Å². The van der Waals surface area contributed by atoms with E-state index >= 15 is 0 Å². The van der Waals surface area contributed by atoms with E-state index in [0.29, 0.717) is 29.2 Å². The minimum atomic E-state index is -0.443. The first kappa shape index (κ1) is 20.1. The molecule has 8 nitrogen and oxygen atoms in total. The highest BCUT2D eigenvalue weighted by Crippen LogP contribution is 2.41. The molecule has 8 heteroatoms. The quantitative estimate of drug-likeness (QED) is 0.651. The number of ether oxygens (including phenoxy) is 1. The van der Waals surface area contributed by atoms with Crippen LogP contribution in [0.15, 0.2) is 47.0 Å². The van der Waals surface area contributed by atoms with Gasteiger partial charge in [-0.1, -0.05) is 23.4 Å². The van der Waals surface area contributed by atoms with E-state index in [2.05, 4.69) is 10.5 Å². The van der Waals surface area contributed by atoms with E-state index in [-0.39, 0.29) is 18.2 Å². The molecule has 1 atom stereocenters. The molecule has 0 radical (unpaired) electrons. The van der Waals surface area contributed by atoms with Gasteiger partial charge in [-0.15, -0.1) is 0 Å². The van der Waals surface area contributed by atoms with Crippen molar-refractivity contribution in [1.82, 2.24) is 10.5 Å². The standard InChI is InChI=1S/C24H23N3O5/c1-14(28)25-12-17-13-27(24(30)31-17)16-10-9-15-5-4-7-19-22(18-6-2-3-8-21(18)29)26-32-23(19)20(15)11-16/h2-3,6,8-11,17,29H,4-5,7,12-13H2,1H3,(H,25,28). The van der Waals surface area contributed by atoms with Gasteiger partial charge in [0.1, 0.15) is 17.5 Å². The van der Waals surface area contributed by atoms with Gasteiger partial charge < -0.3 is 19.7 Å². The van der Waals surface area contributed by atoms with Crippen LogP contribution in [0.3, 0.4) is 0 Å². The summed E-state index contributed by atoms with van der Waals surface area (Å²) in [6, 6.07) is 12.9. The number of aromatic nitrogens is 1. The third-order valence-electron chi connectivity index (χ3n) is 5.92. The second kappa shape index (κ2) is 8.03. The number of anilines is 1. The molecule has 1 aromatic heterocycles. The number of hydrogen-bond donors (Lipinski definition) is 2. The van der Waals surface area contributed by atoms with E-state index in [0.717, 1.165) is 36.0 Å². The van der Waals surface area contributed by atoms with Crippen LogP contribution in [0.5, 0.6) is 5.75 Å². The number of para-hydroxylation sites is 1. The number of benzene rings is 2. The zero-order valence-corrected chi connectivity index (χ0v) is 17.6. The number of aryl methyl sites for hydroxylation is 1. The summed E-state index contributed by atoms with van der Waals surface area (Å²) in [4.78, 5) is 25.2. The Hall–Kier alpha value is -3.81. The van der Waals surface area contributed by atoms with Crippen molar-refractivity contribution in [1.29, 1.82) is 0 Å². The van der Waals surface area contributed by atoms with Gasteiger partial charge in [-0.25, -0.2) is 4.79 Å². The number of phenols is 1. The summed E-state index contributed by atoms with van der Waals surface area (Å²) < 4.78 is 11.2. The molecule has 2 aromatic carbocycles. The Balaban J connectivity index is 1.49. The Morgan fingerprint density at radius 2 is 2.06 bits per heavy atom. The van der Waals surface area contributed by atoms with Crippen molar-refractivity contribution in [3.05, 3.63) is 53.6 Å². The van der Waals surface area contributed by atoms with E-state index in [1.165, 1.54) is 6.92 Å². The van der Waals surface area contributed by atoms with Gasteiger partial charge in [0.15, 0.2) is 5.76 Å². The monoisotopic (exact) mass is 433 g/mol. The molecule has 0 spiro atoms. The minimum Gasteiger partial charge on any atom is -0.507 e. The van der Waals surface area contributed by atoms with Gasteiger partial charge in [-0.3, -0.25) is 9.69 Å². The van der Waals surface area contributed by atoms with E-state index in [1.807, 2.05) is 30.3 Å². The van der Waals surface area contributed by atoms with Crippen molar-refractivity contribution >= 4 is 17.7 Å². The van der Waals surface area contributed by atoms with E-state index in [1.54, 1.807) is 17.0 Å². The Bertz CT molecular complexity index is 1200. The lowest BCUT2D eigenvalue weighted by molar-refractivity contribution is -0.119. The van der Waals surface area contributed by atoms with Gasteiger partial charge in [0.05, 0.1) is 13.1 Å². The van der Waals surface area contributed by atoms with Gasteiger partial charge in [-0.2, -0.15) is 0 Å². The highest BCUT2D eigenvalue weighted by molar-refractivity contribution is 5.91. The fourth-order valence-electron chi connectivity index (χ4n) is 4.35. The summed E-state index contributed by atoms with van der Waals surface area (Å²) in [6.45, 7) is 2.06. The maximum Gasteiger partial charge on any atom is 0.414 e. The molecule has 1 fully saturated rings. The van der Waals surface area contributed by atoms with Crippen molar-refractivity contribution in [2.45, 2.75) is 32.3 Å². The Morgan fingerprint density at radius 1 is 1.22 bits per heavy atom. The number of cyclic esters (lactones) is 1. The van der Waals surface area contributed by atoms with Crippen LogP contribution < -0.4 is 10.2 Å². The summed E-state index contributed by atoms with van der Waals surface area (Å²) in [5.41, 5.74) is 4.95. The average Bonchev–Trinajstić information content (AvgIpc) is 3.31. The fraction of sp³-hybridized carbons (Fsp3) is 0.292. The summed E-state index contributed by atoms with van der Waals surface area (Å²) in [6.07, 6.45) is 1.72. The molecule has 2 aliphatic rings. The maximum atomic E-state index is 12.5. The topological polar surface area (TPSA) is 105 Å². The fourth-order valence-corrected chi connectivity index (χ4v) is 4.35. The number of fused-ring (bicyclic) bond motifs is 3. The number of amides is 2. The van der Waals surface area contributed by atoms with E-state index in [4.69, 9.17) is 9.26 Å². The van der Waals surface area contributed by atoms with Crippen molar-refractivity contribution in [3.8, 4) is 28.3 Å². The molecule has 32 heavy (non-hydrogen) atoms. The molecule has 5 rings (SSSR count). The van der Waals surface area contributed by atoms with Crippen molar-refractivity contribution in [2.24, 2.45) is 0 Å². The molecule has 2 heterocycles. The van der Waals surface area contributed by atoms with Crippen molar-refractivity contribution < 1.29 is 24.0 Å². The van der Waals surface area contributed by atoms with E-state index in [9.17, 15) is 14.7 Å². The molecule has 0 saturated carbocycles. The van der Waals surface area contributed by atoms with Crippen LogP contribution in [-0.4, -0.2) is 41.5 Å². The van der Waals surface area contributed by atoms with Gasteiger partial charge in [0.2, 0.25) is 5.91 Å². The lowest BCUT2D eigenvalue weighted by Crippen LogP contribution is -2.33. The number of carbonyl (C=O) groups excluding carboxylic acids is 2. The summed E-state index contributed by atoms with van der Waals surface area (Å²) in [7, 11) is 0. The summed E-state index contributed by atoms with van der Waals surface area (Å²) in [5, 5.41) is 17.3. The normalized spacial score (nSPS) is 17.3. The molecule has 164 valence electrons. The molecule has 1 aliphatic carbocycles. The van der Waals surface area contributed by atoms with Crippen LogP contribution in [-0.2, 0) is 22.4 Å². The zero-order chi connectivity index (χ0) is 22.2. The first-order valence-corrected chi connectivity index (χ1v) is 10.6. The Kier molecular flexibility index (Phi) is 5.05. The predicted octanol–water partition coefficient (Wildman–Crippen LogP) is 3.66. The number of phenolic OH excluding ortho intramolecular Hbond substituents is 1. The first-order chi connectivity index (χ1) is 15.5. The highest BCUT2D eigenvalue weighted by Gasteiger charge is 2.33. The Labute approximate surface area is 184 Å². The van der Waals surface area contributed by atoms with Crippen LogP contribution in [0.2, 0.25) is 0 Å². The van der Waals surface area contributed by atoms with Crippen LogP contribution in [0.1, 0.15) is 24.5 Å². The largest absolute Gasteiger partial charge is 0.507 e. The van der Waals surface area contributed by atoms with Crippen LogP contribution in [0, 0.1) is 0 Å². The molecule has 1 aliphatic heterocycles. The van der Waals surface area contributed by atoms with Crippen molar-refractivity contribution in [3.63, 3.8) is 0 Å². The van der Waals surface area contributed by atoms with Crippen LogP contribution in [0.25, 0.3) is 22.6 Å². The number of nitrogens with one attached hydrogen (secondary N) is 1. The van der Waals surface area contributed by atoms with E-state index < -0.39 is 12.2 Å². The number of carbonyl (C=O) groups is 2. The molecule has 2 amide bonds. The third-order valence-corrected chi connectivity index (χ3v) is 5.92. The second-order valence-corrected chi connectivity index (χ2v) is 8.10. The maximum absolute atomic E-state index is 12.5. The van der Waals surface area contributed by atoms with Gasteiger partial charge >= 0.3 is 6.09 Å². The lowest BCUT2D eigenvalue weighted by atomic mass is 9.99. The third kappa shape index (κ3) is 3.57. The number of nitrogens with zero attached hydrogens (tertiary/aromatic N) is 2. The minimum absolute atomic E-state index is 0.159. The zero-order valence-electron chi connectivity index (χ0n) is 17.6. The van der Waals surface area contributed by atoms with Gasteiger partial charge in [0, 0.05) is 29.3 Å². The first-order valence-electron chi connectivity index (χ1n) is 10.6. The van der Waals surface area contributed by atoms with Gasteiger partial charge in [-0.05, 0) is 49.1 Å². The number of hydrogen-bond acceptors (Lipinski definition) is 6. The molecular formula is C24H23N3O5. The molecule has 1 unspecified atom stereocenters. The predicted molar refractivity (Wildman–Crippen MR) is 117 cm³/mol. The lowest BCUT2D eigenvalue weighted by Gasteiger charge is -2.15. The van der Waals surface area contributed by atoms with Crippen molar-refractivity contribution in [2.75, 3.05) is 18.0 Å². The molecular weight excluding hydrogens is 410 g/mol. The SMILES string of the molecule is CC(=O)NCC1CN(c2ccc3c(c2)-c2onc(-c4ccccc4O)c2CCC3)C(=O)O1. The molecule has 1 saturated heterocycles. The number of aromatic hydroxyl groups is 1. The average molecular weight is 433 g/mol. The Morgan fingerprint density at radius 3 is 2.88 bits per heavy atom. The number of rotatable bonds is 4. The van der Waals surface area contributed by atoms with Crippen LogP contribution in [0.4, 0.5) is 10.5 Å². The summed E-state index contributed by atoms with van der Waals surface area (Å²) in [5.74, 6) is 0.662. The van der Waals surface area contributed by atoms with Crippen LogP contribution >= 0.6 is 0 Å².